The molecule has 0 aliphatic rings. The van der Waals surface area contributed by atoms with Crippen molar-refractivity contribution in [2.75, 3.05) is 5.73 Å². The van der Waals surface area contributed by atoms with Crippen molar-refractivity contribution >= 4 is 32.9 Å². The Labute approximate surface area is 105 Å². The third-order valence-corrected chi connectivity index (χ3v) is 2.92. The molecule has 0 atom stereocenters. The molecule has 17 heavy (non-hydrogen) atoms. The lowest BCUT2D eigenvalue weighted by Crippen LogP contribution is -1.97. The molecule has 2 aromatic heterocycles. The van der Waals surface area contributed by atoms with Gasteiger partial charge in [0.1, 0.15) is 0 Å². The SMILES string of the molecule is Nc1nc(-c2cccc(Br)c2)c2cn[nH]c2n1. The van der Waals surface area contributed by atoms with Gasteiger partial charge in [-0.2, -0.15) is 10.1 Å². The van der Waals surface area contributed by atoms with Gasteiger partial charge in [0.25, 0.3) is 0 Å². The highest BCUT2D eigenvalue weighted by Gasteiger charge is 2.10. The number of fused-ring (bicyclic) bond motifs is 1. The highest BCUT2D eigenvalue weighted by atomic mass is 79.9. The van der Waals surface area contributed by atoms with Crippen LogP contribution >= 0.6 is 15.9 Å². The molecule has 1 aromatic carbocycles. The molecular formula is C11H8BrN5. The third kappa shape index (κ3) is 1.76. The van der Waals surface area contributed by atoms with Gasteiger partial charge in [0.15, 0.2) is 5.65 Å². The van der Waals surface area contributed by atoms with Gasteiger partial charge >= 0.3 is 0 Å². The predicted octanol–water partition coefficient (Wildman–Crippen LogP) is 2.36. The second-order valence-corrected chi connectivity index (χ2v) is 4.49. The van der Waals surface area contributed by atoms with Crippen molar-refractivity contribution in [1.82, 2.24) is 20.2 Å². The van der Waals surface area contributed by atoms with E-state index in [4.69, 9.17) is 5.73 Å². The molecule has 3 rings (SSSR count). The Kier molecular flexibility index (Phi) is 2.29. The number of H-pyrrole nitrogens is 1. The summed E-state index contributed by atoms with van der Waals surface area (Å²) in [6.45, 7) is 0. The largest absolute Gasteiger partial charge is 0.368 e. The lowest BCUT2D eigenvalue weighted by atomic mass is 10.1. The molecule has 0 bridgehead atoms. The number of rotatable bonds is 1. The molecule has 6 heteroatoms. The van der Waals surface area contributed by atoms with Crippen LogP contribution in [0, 0.1) is 0 Å². The number of benzene rings is 1. The zero-order valence-corrected chi connectivity index (χ0v) is 10.3. The van der Waals surface area contributed by atoms with E-state index in [1.54, 1.807) is 6.20 Å². The molecule has 0 spiro atoms. The molecule has 0 radical (unpaired) electrons. The van der Waals surface area contributed by atoms with Gasteiger partial charge in [-0.1, -0.05) is 28.1 Å². The van der Waals surface area contributed by atoms with Gasteiger partial charge in [0.05, 0.1) is 17.3 Å². The average Bonchev–Trinajstić information content (AvgIpc) is 2.75. The predicted molar refractivity (Wildman–Crippen MR) is 69.2 cm³/mol. The monoisotopic (exact) mass is 289 g/mol. The van der Waals surface area contributed by atoms with Crippen LogP contribution in [0.2, 0.25) is 0 Å². The van der Waals surface area contributed by atoms with E-state index in [0.29, 0.717) is 5.65 Å². The molecule has 0 amide bonds. The zero-order valence-electron chi connectivity index (χ0n) is 8.68. The summed E-state index contributed by atoms with van der Waals surface area (Å²) in [5, 5.41) is 7.61. The minimum Gasteiger partial charge on any atom is -0.368 e. The summed E-state index contributed by atoms with van der Waals surface area (Å²) < 4.78 is 0.990. The Morgan fingerprint density at radius 1 is 1.24 bits per heavy atom. The van der Waals surface area contributed by atoms with E-state index < -0.39 is 0 Å². The summed E-state index contributed by atoms with van der Waals surface area (Å²) in [4.78, 5) is 8.35. The third-order valence-electron chi connectivity index (χ3n) is 2.43. The molecule has 2 heterocycles. The first kappa shape index (κ1) is 10.2. The summed E-state index contributed by atoms with van der Waals surface area (Å²) in [7, 11) is 0. The maximum absolute atomic E-state index is 5.68. The fraction of sp³-hybridized carbons (Fsp3) is 0. The Bertz CT molecular complexity index is 691. The van der Waals surface area contributed by atoms with Gasteiger partial charge in [-0.05, 0) is 12.1 Å². The first-order chi connectivity index (χ1) is 8.24. The Hall–Kier alpha value is -1.95. The fourth-order valence-corrected chi connectivity index (χ4v) is 2.11. The van der Waals surface area contributed by atoms with Gasteiger partial charge in [0, 0.05) is 10.0 Å². The Morgan fingerprint density at radius 2 is 2.12 bits per heavy atom. The van der Waals surface area contributed by atoms with Crippen LogP contribution in [0.4, 0.5) is 5.95 Å². The number of nitrogen functional groups attached to an aromatic ring is 1. The standard InChI is InChI=1S/C11H8BrN5/c12-7-3-1-2-6(4-7)9-8-5-14-17-10(8)16-11(13)15-9/h1-5H,(H3,13,14,15,16,17). The van der Waals surface area contributed by atoms with E-state index in [1.807, 2.05) is 24.3 Å². The van der Waals surface area contributed by atoms with E-state index in [-0.39, 0.29) is 5.95 Å². The fourth-order valence-electron chi connectivity index (χ4n) is 1.71. The van der Waals surface area contributed by atoms with E-state index in [0.717, 1.165) is 21.1 Å². The molecule has 0 fully saturated rings. The van der Waals surface area contributed by atoms with E-state index >= 15 is 0 Å². The Balaban J connectivity index is 2.32. The second-order valence-electron chi connectivity index (χ2n) is 3.57. The number of hydrogen-bond donors (Lipinski definition) is 2. The van der Waals surface area contributed by atoms with Crippen LogP contribution in [0.15, 0.2) is 34.9 Å². The molecule has 0 saturated heterocycles. The van der Waals surface area contributed by atoms with Crippen LogP contribution in [-0.4, -0.2) is 20.2 Å². The van der Waals surface area contributed by atoms with Crippen molar-refractivity contribution in [3.05, 3.63) is 34.9 Å². The lowest BCUT2D eigenvalue weighted by Gasteiger charge is -2.03. The van der Waals surface area contributed by atoms with Gasteiger partial charge in [-0.3, -0.25) is 5.10 Å². The number of nitrogens with one attached hydrogen (secondary N) is 1. The van der Waals surface area contributed by atoms with Crippen molar-refractivity contribution < 1.29 is 0 Å². The summed E-state index contributed by atoms with van der Waals surface area (Å²) in [6.07, 6.45) is 1.70. The van der Waals surface area contributed by atoms with Crippen molar-refractivity contribution in [1.29, 1.82) is 0 Å². The van der Waals surface area contributed by atoms with E-state index in [2.05, 4.69) is 36.1 Å². The minimum atomic E-state index is 0.233. The molecule has 84 valence electrons. The molecule has 0 unspecified atom stereocenters. The van der Waals surface area contributed by atoms with Gasteiger partial charge in [-0.25, -0.2) is 4.98 Å². The number of halogens is 1. The van der Waals surface area contributed by atoms with Gasteiger partial charge in [0.2, 0.25) is 5.95 Å². The number of hydrogen-bond acceptors (Lipinski definition) is 4. The van der Waals surface area contributed by atoms with Gasteiger partial charge < -0.3 is 5.73 Å². The molecule has 3 aromatic rings. The van der Waals surface area contributed by atoms with Crippen LogP contribution in [0.25, 0.3) is 22.3 Å². The molecule has 3 N–H and O–H groups in total. The summed E-state index contributed by atoms with van der Waals surface area (Å²) >= 11 is 3.43. The molecule has 0 aliphatic heterocycles. The first-order valence-corrected chi connectivity index (χ1v) is 5.76. The van der Waals surface area contributed by atoms with Crippen molar-refractivity contribution in [2.45, 2.75) is 0 Å². The van der Waals surface area contributed by atoms with Gasteiger partial charge in [-0.15, -0.1) is 0 Å². The van der Waals surface area contributed by atoms with Crippen LogP contribution in [0.1, 0.15) is 0 Å². The number of aromatic amines is 1. The van der Waals surface area contributed by atoms with Crippen LogP contribution < -0.4 is 5.73 Å². The van der Waals surface area contributed by atoms with Crippen molar-refractivity contribution in [2.24, 2.45) is 0 Å². The van der Waals surface area contributed by atoms with Crippen LogP contribution in [0.5, 0.6) is 0 Å². The topological polar surface area (TPSA) is 80.5 Å². The highest BCUT2D eigenvalue weighted by Crippen LogP contribution is 2.27. The first-order valence-electron chi connectivity index (χ1n) is 4.96. The smallest absolute Gasteiger partial charge is 0.222 e. The zero-order chi connectivity index (χ0) is 11.8. The maximum Gasteiger partial charge on any atom is 0.222 e. The molecule has 5 nitrogen and oxygen atoms in total. The molecule has 0 saturated carbocycles. The Morgan fingerprint density at radius 3 is 2.94 bits per heavy atom. The van der Waals surface area contributed by atoms with Crippen LogP contribution in [0.3, 0.4) is 0 Å². The second kappa shape index (κ2) is 3.81. The van der Waals surface area contributed by atoms with E-state index in [9.17, 15) is 0 Å². The number of anilines is 1. The van der Waals surface area contributed by atoms with Crippen molar-refractivity contribution in [3.63, 3.8) is 0 Å². The minimum absolute atomic E-state index is 0.233. The van der Waals surface area contributed by atoms with Crippen LogP contribution in [-0.2, 0) is 0 Å². The number of aromatic nitrogens is 4. The normalized spacial score (nSPS) is 10.9. The number of nitrogens with zero attached hydrogens (tertiary/aromatic N) is 3. The quantitative estimate of drug-likeness (QED) is 0.721. The summed E-state index contributed by atoms with van der Waals surface area (Å²) in [5.41, 5.74) is 8.08. The maximum atomic E-state index is 5.68. The number of nitrogens with two attached hydrogens (primary N) is 1. The van der Waals surface area contributed by atoms with Crippen molar-refractivity contribution in [3.8, 4) is 11.3 Å². The highest BCUT2D eigenvalue weighted by molar-refractivity contribution is 9.10. The average molecular weight is 290 g/mol. The van der Waals surface area contributed by atoms with E-state index in [1.165, 1.54) is 0 Å². The lowest BCUT2D eigenvalue weighted by molar-refractivity contribution is 1.09. The molecular weight excluding hydrogens is 282 g/mol. The summed E-state index contributed by atoms with van der Waals surface area (Å²) in [5.74, 6) is 0.233. The summed E-state index contributed by atoms with van der Waals surface area (Å²) in [6, 6.07) is 7.86. The molecule has 0 aliphatic carbocycles.